The van der Waals surface area contributed by atoms with Crippen molar-refractivity contribution in [2.75, 3.05) is 26.2 Å². The molecule has 0 radical (unpaired) electrons. The fourth-order valence-electron chi connectivity index (χ4n) is 6.39. The van der Waals surface area contributed by atoms with Gasteiger partial charge in [0.25, 0.3) is 17.7 Å². The summed E-state index contributed by atoms with van der Waals surface area (Å²) in [5.41, 5.74) is 3.86. The number of aromatic nitrogens is 2. The van der Waals surface area contributed by atoms with Crippen LogP contribution in [0.4, 0.5) is 0 Å². The Kier molecular flexibility index (Phi) is 7.27. The Hall–Kier alpha value is -3.78. The van der Waals surface area contributed by atoms with Crippen molar-refractivity contribution in [3.8, 4) is 0 Å². The lowest BCUT2D eigenvalue weighted by Gasteiger charge is -2.46. The van der Waals surface area contributed by atoms with Gasteiger partial charge in [-0.25, -0.2) is 4.98 Å². The van der Waals surface area contributed by atoms with Crippen molar-refractivity contribution in [1.29, 1.82) is 0 Å². The Bertz CT molecular complexity index is 1430. The molecule has 0 saturated carbocycles. The van der Waals surface area contributed by atoms with Gasteiger partial charge in [0.05, 0.1) is 22.8 Å². The first-order valence-electron chi connectivity index (χ1n) is 14.0. The lowest BCUT2D eigenvalue weighted by Crippen LogP contribution is -2.49. The fourth-order valence-corrected chi connectivity index (χ4v) is 6.61. The maximum atomic E-state index is 13.5. The monoisotopic (exact) mass is 557 g/mol. The van der Waals surface area contributed by atoms with Gasteiger partial charge in [-0.2, -0.15) is 0 Å². The molecule has 1 spiro atoms. The zero-order valence-electron chi connectivity index (χ0n) is 22.3. The third-order valence-corrected chi connectivity index (χ3v) is 9.23. The number of nitrogens with one attached hydrogen (secondary N) is 1. The summed E-state index contributed by atoms with van der Waals surface area (Å²) in [4.78, 5) is 51.1. The van der Waals surface area contributed by atoms with Gasteiger partial charge in [0.1, 0.15) is 5.69 Å². The van der Waals surface area contributed by atoms with E-state index in [2.05, 4.69) is 15.3 Å². The molecule has 1 aliphatic carbocycles. The van der Waals surface area contributed by atoms with E-state index in [9.17, 15) is 14.4 Å². The first-order chi connectivity index (χ1) is 19.4. The van der Waals surface area contributed by atoms with E-state index in [4.69, 9.17) is 11.6 Å². The summed E-state index contributed by atoms with van der Waals surface area (Å²) < 4.78 is 0. The summed E-state index contributed by atoms with van der Waals surface area (Å²) >= 11 is 6.22. The van der Waals surface area contributed by atoms with Crippen molar-refractivity contribution in [2.45, 2.75) is 44.6 Å². The van der Waals surface area contributed by atoms with E-state index in [0.717, 1.165) is 44.1 Å². The summed E-state index contributed by atoms with van der Waals surface area (Å²) in [5, 5.41) is 3.54. The lowest BCUT2D eigenvalue weighted by molar-refractivity contribution is 0.0278. The van der Waals surface area contributed by atoms with Gasteiger partial charge >= 0.3 is 0 Å². The van der Waals surface area contributed by atoms with Crippen molar-refractivity contribution < 1.29 is 14.4 Å². The molecule has 1 unspecified atom stereocenters. The molecule has 1 aromatic heterocycles. The van der Waals surface area contributed by atoms with E-state index >= 15 is 0 Å². The molecule has 0 bridgehead atoms. The van der Waals surface area contributed by atoms with Crippen LogP contribution in [-0.4, -0.2) is 63.7 Å². The standard InChI is InChI=1S/C31H32ClN5O3/c32-25-4-2-1-3-23(25)28(38)35-26-8-7-21-5-6-22(19-24(21)26)29(39)36-15-9-31(10-16-36)11-17-37(18-12-31)30(40)27-20-33-13-14-34-27/h1-6,13-14,19-20,26H,7-12,15-18H2,(H,35,38). The minimum Gasteiger partial charge on any atom is -0.345 e. The zero-order chi connectivity index (χ0) is 27.7. The largest absolute Gasteiger partial charge is 0.345 e. The van der Waals surface area contributed by atoms with Gasteiger partial charge in [0.15, 0.2) is 0 Å². The molecule has 9 heteroatoms. The first-order valence-corrected chi connectivity index (χ1v) is 14.3. The van der Waals surface area contributed by atoms with Crippen LogP contribution in [0.15, 0.2) is 61.1 Å². The van der Waals surface area contributed by atoms with Crippen LogP contribution in [0.25, 0.3) is 0 Å². The van der Waals surface area contributed by atoms with E-state index in [1.807, 2.05) is 28.0 Å². The number of likely N-dealkylation sites (tertiary alicyclic amines) is 2. The summed E-state index contributed by atoms with van der Waals surface area (Å²) in [6.45, 7) is 2.83. The third kappa shape index (κ3) is 5.20. The number of aryl methyl sites for hydroxylation is 1. The molecule has 3 aromatic rings. The highest BCUT2D eigenvalue weighted by Gasteiger charge is 2.40. The van der Waals surface area contributed by atoms with Gasteiger partial charge < -0.3 is 15.1 Å². The minimum atomic E-state index is -0.203. The highest BCUT2D eigenvalue weighted by Crippen LogP contribution is 2.42. The number of carbonyl (C=O) groups is 3. The predicted octanol–water partition coefficient (Wildman–Crippen LogP) is 4.71. The molecule has 3 heterocycles. The molecule has 2 fully saturated rings. The normalized spacial score (nSPS) is 19.8. The van der Waals surface area contributed by atoms with Crippen molar-refractivity contribution in [2.24, 2.45) is 5.41 Å². The maximum Gasteiger partial charge on any atom is 0.274 e. The first kappa shape index (κ1) is 26.4. The van der Waals surface area contributed by atoms with Crippen LogP contribution in [0.2, 0.25) is 5.02 Å². The van der Waals surface area contributed by atoms with Crippen LogP contribution in [-0.2, 0) is 6.42 Å². The molecule has 2 aliphatic heterocycles. The number of amides is 3. The molecule has 6 rings (SSSR count). The maximum absolute atomic E-state index is 13.5. The minimum absolute atomic E-state index is 0.0380. The smallest absolute Gasteiger partial charge is 0.274 e. The molecule has 2 saturated heterocycles. The van der Waals surface area contributed by atoms with Crippen LogP contribution < -0.4 is 5.32 Å². The zero-order valence-corrected chi connectivity index (χ0v) is 23.1. The van der Waals surface area contributed by atoms with Gasteiger partial charge in [0, 0.05) is 44.1 Å². The van der Waals surface area contributed by atoms with E-state index < -0.39 is 0 Å². The molecule has 3 amide bonds. The Balaban J connectivity index is 1.06. The number of hydrogen-bond acceptors (Lipinski definition) is 5. The second kappa shape index (κ2) is 11.0. The molecule has 2 aromatic carbocycles. The summed E-state index contributed by atoms with van der Waals surface area (Å²) in [5.74, 6) is -0.226. The van der Waals surface area contributed by atoms with Gasteiger partial charge in [-0.1, -0.05) is 29.8 Å². The van der Waals surface area contributed by atoms with E-state index in [1.54, 1.807) is 36.7 Å². The fraction of sp³-hybridized carbons (Fsp3) is 0.387. The number of rotatable bonds is 4. The number of carbonyl (C=O) groups excluding carboxylic acids is 3. The highest BCUT2D eigenvalue weighted by molar-refractivity contribution is 6.33. The molecular weight excluding hydrogens is 526 g/mol. The Morgan fingerprint density at radius 2 is 1.60 bits per heavy atom. The summed E-state index contributed by atoms with van der Waals surface area (Å²) in [6, 6.07) is 12.8. The number of benzene rings is 2. The van der Waals surface area contributed by atoms with Crippen LogP contribution in [0.5, 0.6) is 0 Å². The second-order valence-electron chi connectivity index (χ2n) is 11.1. The van der Waals surface area contributed by atoms with Gasteiger partial charge in [-0.3, -0.25) is 19.4 Å². The second-order valence-corrected chi connectivity index (χ2v) is 11.5. The highest BCUT2D eigenvalue weighted by atomic mass is 35.5. The predicted molar refractivity (Wildman–Crippen MR) is 151 cm³/mol. The van der Waals surface area contributed by atoms with E-state index in [-0.39, 0.29) is 29.2 Å². The molecule has 8 nitrogen and oxygen atoms in total. The van der Waals surface area contributed by atoms with E-state index in [0.29, 0.717) is 48.0 Å². The van der Waals surface area contributed by atoms with Crippen molar-refractivity contribution >= 4 is 29.3 Å². The van der Waals surface area contributed by atoms with Gasteiger partial charge in [-0.15, -0.1) is 0 Å². The Labute approximate surface area is 238 Å². The number of piperidine rings is 2. The SMILES string of the molecule is O=C(NC1CCc2ccc(C(=O)N3CCC4(CC3)CCN(C(=O)c3cnccn3)CC4)cc21)c1ccccc1Cl. The van der Waals surface area contributed by atoms with Crippen LogP contribution >= 0.6 is 11.6 Å². The Morgan fingerprint density at radius 3 is 2.27 bits per heavy atom. The molecule has 1 atom stereocenters. The van der Waals surface area contributed by atoms with Crippen LogP contribution in [0.1, 0.15) is 80.5 Å². The third-order valence-electron chi connectivity index (χ3n) is 8.90. The van der Waals surface area contributed by atoms with Crippen molar-refractivity contribution in [1.82, 2.24) is 25.1 Å². The topological polar surface area (TPSA) is 95.5 Å². The van der Waals surface area contributed by atoms with Gasteiger partial charge in [-0.05, 0) is 79.3 Å². The van der Waals surface area contributed by atoms with Crippen molar-refractivity contribution in [3.63, 3.8) is 0 Å². The number of halogens is 1. The lowest BCUT2D eigenvalue weighted by atomic mass is 9.71. The molecule has 3 aliphatic rings. The Morgan fingerprint density at radius 1 is 0.900 bits per heavy atom. The molecule has 40 heavy (non-hydrogen) atoms. The average Bonchev–Trinajstić information content (AvgIpc) is 3.39. The van der Waals surface area contributed by atoms with Crippen molar-refractivity contribution in [3.05, 3.63) is 94.0 Å². The molecule has 206 valence electrons. The number of fused-ring (bicyclic) bond motifs is 1. The van der Waals surface area contributed by atoms with Gasteiger partial charge in [0.2, 0.25) is 0 Å². The van der Waals surface area contributed by atoms with E-state index in [1.165, 1.54) is 11.8 Å². The van der Waals surface area contributed by atoms with Crippen LogP contribution in [0.3, 0.4) is 0 Å². The molecule has 1 N–H and O–H groups in total. The summed E-state index contributed by atoms with van der Waals surface area (Å²) in [6.07, 6.45) is 10.0. The average molecular weight is 558 g/mol. The molecular formula is C31H32ClN5O3. The number of hydrogen-bond donors (Lipinski definition) is 1. The van der Waals surface area contributed by atoms with Crippen LogP contribution in [0, 0.1) is 5.41 Å². The summed E-state index contributed by atoms with van der Waals surface area (Å²) in [7, 11) is 0. The number of nitrogens with zero attached hydrogens (tertiary/aromatic N) is 4. The quantitative estimate of drug-likeness (QED) is 0.501.